The van der Waals surface area contributed by atoms with E-state index >= 15 is 0 Å². The molecule has 1 atom stereocenters. The van der Waals surface area contributed by atoms with E-state index in [0.717, 1.165) is 5.56 Å². The van der Waals surface area contributed by atoms with Crippen LogP contribution in [0.4, 0.5) is 0 Å². The zero-order valence-corrected chi connectivity index (χ0v) is 15.0. The van der Waals surface area contributed by atoms with Crippen LogP contribution in [-0.4, -0.2) is 47.3 Å². The van der Waals surface area contributed by atoms with Crippen LogP contribution in [0.1, 0.15) is 34.9 Å². The number of aliphatic hydroxyl groups excluding tert-OH is 1. The highest BCUT2D eigenvalue weighted by molar-refractivity contribution is 5.93. The van der Waals surface area contributed by atoms with Gasteiger partial charge in [-0.3, -0.25) is 9.78 Å². The Balaban J connectivity index is 1.49. The Bertz CT molecular complexity index is 1110. The molecule has 10 heteroatoms. The molecule has 0 unspecified atom stereocenters. The zero-order chi connectivity index (χ0) is 19.5. The molecule has 1 amide bonds. The summed E-state index contributed by atoms with van der Waals surface area (Å²) in [7, 11) is 0. The van der Waals surface area contributed by atoms with Crippen molar-refractivity contribution < 1.29 is 14.4 Å². The quantitative estimate of drug-likeness (QED) is 0.511. The molecule has 4 aromatic rings. The Morgan fingerprint density at radius 1 is 1.36 bits per heavy atom. The van der Waals surface area contributed by atoms with Gasteiger partial charge in [-0.25, -0.2) is 9.50 Å². The summed E-state index contributed by atoms with van der Waals surface area (Å²) in [5.74, 6) is 0.227. The molecule has 2 N–H and O–H groups in total. The van der Waals surface area contributed by atoms with Crippen molar-refractivity contribution in [2.24, 2.45) is 0 Å². The number of carbonyl (C=O) groups is 1. The van der Waals surface area contributed by atoms with E-state index in [-0.39, 0.29) is 24.1 Å². The summed E-state index contributed by atoms with van der Waals surface area (Å²) >= 11 is 0. The second-order valence-corrected chi connectivity index (χ2v) is 6.13. The summed E-state index contributed by atoms with van der Waals surface area (Å²) in [5, 5.41) is 19.9. The first-order valence-corrected chi connectivity index (χ1v) is 8.65. The zero-order valence-electron chi connectivity index (χ0n) is 15.0. The lowest BCUT2D eigenvalue weighted by molar-refractivity contribution is 0.0927. The maximum atomic E-state index is 12.5. The van der Waals surface area contributed by atoms with Gasteiger partial charge < -0.3 is 14.9 Å². The number of nitrogens with one attached hydrogen (secondary N) is 1. The number of amides is 1. The number of fused-ring (bicyclic) bond motifs is 1. The van der Waals surface area contributed by atoms with E-state index in [1.54, 1.807) is 43.7 Å². The molecule has 0 aliphatic rings. The van der Waals surface area contributed by atoms with Crippen molar-refractivity contribution in [2.45, 2.75) is 19.4 Å². The number of rotatable bonds is 6. The lowest BCUT2D eigenvalue weighted by Gasteiger charge is -2.07. The normalized spacial score (nSPS) is 12.2. The molecule has 0 radical (unpaired) electrons. The monoisotopic (exact) mass is 379 g/mol. The second-order valence-electron chi connectivity index (χ2n) is 6.13. The molecule has 0 aliphatic heterocycles. The SMILES string of the molecule is C[C@@H](NC(=O)c1cc2ncc(CCO)cn2n1)c1nc(-c2ccccn2)no1. The molecule has 4 aromatic heterocycles. The van der Waals surface area contributed by atoms with Crippen LogP contribution in [0.25, 0.3) is 17.2 Å². The molecule has 4 heterocycles. The van der Waals surface area contributed by atoms with Crippen molar-refractivity contribution in [3.63, 3.8) is 0 Å². The minimum atomic E-state index is -0.514. The lowest BCUT2D eigenvalue weighted by atomic mass is 10.2. The predicted octanol–water partition coefficient (Wildman–Crippen LogP) is 1.20. The fourth-order valence-electron chi connectivity index (χ4n) is 2.63. The summed E-state index contributed by atoms with van der Waals surface area (Å²) in [4.78, 5) is 25.2. The van der Waals surface area contributed by atoms with Crippen molar-refractivity contribution in [3.05, 3.63) is 60.0 Å². The lowest BCUT2D eigenvalue weighted by Crippen LogP contribution is -2.27. The Morgan fingerprint density at radius 3 is 3.04 bits per heavy atom. The van der Waals surface area contributed by atoms with Gasteiger partial charge in [0.1, 0.15) is 11.7 Å². The van der Waals surface area contributed by atoms with Gasteiger partial charge >= 0.3 is 0 Å². The Labute approximate surface area is 159 Å². The van der Waals surface area contributed by atoms with Gasteiger partial charge in [0.15, 0.2) is 11.3 Å². The molecule has 28 heavy (non-hydrogen) atoms. The molecule has 10 nitrogen and oxygen atoms in total. The minimum absolute atomic E-state index is 0.0178. The van der Waals surface area contributed by atoms with E-state index in [1.807, 2.05) is 6.07 Å². The molecule has 0 aromatic carbocycles. The smallest absolute Gasteiger partial charge is 0.272 e. The fourth-order valence-corrected chi connectivity index (χ4v) is 2.63. The first-order chi connectivity index (χ1) is 13.6. The third-order valence-electron chi connectivity index (χ3n) is 4.05. The molecule has 0 aliphatic carbocycles. The largest absolute Gasteiger partial charge is 0.396 e. The van der Waals surface area contributed by atoms with Gasteiger partial charge in [-0.05, 0) is 31.0 Å². The van der Waals surface area contributed by atoms with Crippen LogP contribution in [0.15, 0.2) is 47.4 Å². The topological polar surface area (TPSA) is 131 Å². The van der Waals surface area contributed by atoms with Gasteiger partial charge in [0.25, 0.3) is 5.91 Å². The molecular weight excluding hydrogens is 362 g/mol. The van der Waals surface area contributed by atoms with Crippen molar-refractivity contribution in [1.29, 1.82) is 0 Å². The Kier molecular flexibility index (Phi) is 4.77. The van der Waals surface area contributed by atoms with E-state index in [0.29, 0.717) is 23.6 Å². The van der Waals surface area contributed by atoms with Gasteiger partial charge in [-0.1, -0.05) is 11.2 Å². The van der Waals surface area contributed by atoms with E-state index in [1.165, 1.54) is 4.52 Å². The first kappa shape index (κ1) is 17.7. The number of aromatic nitrogens is 6. The minimum Gasteiger partial charge on any atom is -0.396 e. The van der Waals surface area contributed by atoms with Gasteiger partial charge in [-0.2, -0.15) is 10.1 Å². The maximum absolute atomic E-state index is 12.5. The number of pyridine rings is 1. The van der Waals surface area contributed by atoms with Crippen LogP contribution in [0.3, 0.4) is 0 Å². The van der Waals surface area contributed by atoms with Gasteiger partial charge in [0.05, 0.1) is 0 Å². The van der Waals surface area contributed by atoms with E-state index in [2.05, 4.69) is 30.5 Å². The molecule has 0 bridgehead atoms. The van der Waals surface area contributed by atoms with E-state index < -0.39 is 6.04 Å². The highest BCUT2D eigenvalue weighted by Gasteiger charge is 2.20. The van der Waals surface area contributed by atoms with E-state index in [4.69, 9.17) is 9.63 Å². The average Bonchev–Trinajstić information content (AvgIpc) is 3.36. The maximum Gasteiger partial charge on any atom is 0.272 e. The summed E-state index contributed by atoms with van der Waals surface area (Å²) in [6.07, 6.45) is 5.49. The number of aliphatic hydroxyl groups is 1. The molecule has 4 rings (SSSR count). The third kappa shape index (κ3) is 3.58. The summed E-state index contributed by atoms with van der Waals surface area (Å²) in [6, 6.07) is 6.46. The summed E-state index contributed by atoms with van der Waals surface area (Å²) < 4.78 is 6.75. The number of carbonyl (C=O) groups excluding carboxylic acids is 1. The van der Waals surface area contributed by atoms with Gasteiger partial charge in [-0.15, -0.1) is 0 Å². The molecule has 0 saturated carbocycles. The molecule has 0 saturated heterocycles. The summed E-state index contributed by atoms with van der Waals surface area (Å²) in [6.45, 7) is 1.75. The number of hydrogen-bond donors (Lipinski definition) is 2. The molecule has 0 spiro atoms. The van der Waals surface area contributed by atoms with Gasteiger partial charge in [0, 0.05) is 31.3 Å². The van der Waals surface area contributed by atoms with Crippen LogP contribution in [0.5, 0.6) is 0 Å². The standard InChI is InChI=1S/C18H17N7O3/c1-11(18-22-16(24-28-18)13-4-2-3-6-19-13)21-17(27)14-8-15-20-9-12(5-7-26)10-25(15)23-14/h2-4,6,8-11,26H,5,7H2,1H3,(H,21,27)/t11-/m1/s1. The third-order valence-corrected chi connectivity index (χ3v) is 4.05. The molecule has 142 valence electrons. The van der Waals surface area contributed by atoms with Crippen LogP contribution in [-0.2, 0) is 6.42 Å². The second kappa shape index (κ2) is 7.53. The van der Waals surface area contributed by atoms with Crippen LogP contribution >= 0.6 is 0 Å². The Morgan fingerprint density at radius 2 is 2.25 bits per heavy atom. The van der Waals surface area contributed by atoms with Crippen molar-refractivity contribution in [2.75, 3.05) is 6.61 Å². The molecule has 0 fully saturated rings. The Hall–Kier alpha value is -3.66. The van der Waals surface area contributed by atoms with Crippen molar-refractivity contribution in [1.82, 2.24) is 35.0 Å². The highest BCUT2D eigenvalue weighted by Crippen LogP contribution is 2.17. The van der Waals surface area contributed by atoms with Crippen LogP contribution < -0.4 is 5.32 Å². The van der Waals surface area contributed by atoms with Crippen LogP contribution in [0, 0.1) is 0 Å². The number of hydrogen-bond acceptors (Lipinski definition) is 8. The van der Waals surface area contributed by atoms with Crippen molar-refractivity contribution >= 4 is 11.6 Å². The van der Waals surface area contributed by atoms with E-state index in [9.17, 15) is 4.79 Å². The number of nitrogens with zero attached hydrogens (tertiary/aromatic N) is 6. The van der Waals surface area contributed by atoms with Crippen LogP contribution in [0.2, 0.25) is 0 Å². The molecular formula is C18H17N7O3. The fraction of sp³-hybridized carbons (Fsp3) is 0.222. The first-order valence-electron chi connectivity index (χ1n) is 8.65. The van der Waals surface area contributed by atoms with Gasteiger partial charge in [0.2, 0.25) is 11.7 Å². The summed E-state index contributed by atoms with van der Waals surface area (Å²) in [5.41, 5.74) is 2.16. The van der Waals surface area contributed by atoms with Crippen molar-refractivity contribution in [3.8, 4) is 11.5 Å². The predicted molar refractivity (Wildman–Crippen MR) is 97.2 cm³/mol. The average molecular weight is 379 g/mol. The highest BCUT2D eigenvalue weighted by atomic mass is 16.5.